The van der Waals surface area contributed by atoms with E-state index < -0.39 is 5.82 Å². The minimum Gasteiger partial charge on any atom is -0.483 e. The average molecular weight is 438 g/mol. The largest absolute Gasteiger partial charge is 0.483 e. The van der Waals surface area contributed by atoms with Gasteiger partial charge in [0.15, 0.2) is 17.3 Å². The molecule has 0 aliphatic carbocycles. The van der Waals surface area contributed by atoms with Crippen LogP contribution in [0.5, 0.6) is 0 Å². The fourth-order valence-electron chi connectivity index (χ4n) is 4.15. The summed E-state index contributed by atoms with van der Waals surface area (Å²) in [5, 5.41) is 10.7. The highest BCUT2D eigenvalue weighted by Gasteiger charge is 2.20. The van der Waals surface area contributed by atoms with Crippen molar-refractivity contribution in [3.63, 3.8) is 0 Å². The summed E-state index contributed by atoms with van der Waals surface area (Å²) >= 11 is 0. The van der Waals surface area contributed by atoms with Gasteiger partial charge >= 0.3 is 0 Å². The fourth-order valence-corrected chi connectivity index (χ4v) is 4.15. The van der Waals surface area contributed by atoms with Crippen molar-refractivity contribution in [2.24, 2.45) is 0 Å². The highest BCUT2D eigenvalue weighted by atomic mass is 19.1. The molecule has 166 valence electrons. The number of H-pyrrole nitrogens is 1. The molecule has 8 nitrogen and oxygen atoms in total. The zero-order valence-corrected chi connectivity index (χ0v) is 17.7. The van der Waals surface area contributed by atoms with Gasteiger partial charge in [-0.25, -0.2) is 14.4 Å². The number of nitrogens with one attached hydrogen (secondary N) is 2. The third-order valence-electron chi connectivity index (χ3n) is 5.63. The first-order valence-electron chi connectivity index (χ1n) is 10.3. The molecule has 2 aromatic carbocycles. The van der Waals surface area contributed by atoms with E-state index in [9.17, 15) is 9.18 Å². The van der Waals surface area contributed by atoms with Gasteiger partial charge in [-0.3, -0.25) is 9.59 Å². The Hall–Kier alpha value is -3.59. The van der Waals surface area contributed by atoms with Crippen LogP contribution in [0, 0.1) is 19.7 Å². The molecule has 3 heterocycles. The van der Waals surface area contributed by atoms with Crippen LogP contribution in [0.15, 0.2) is 33.5 Å². The summed E-state index contributed by atoms with van der Waals surface area (Å²) in [6.07, 6.45) is 1.92. The van der Waals surface area contributed by atoms with Crippen LogP contribution in [-0.2, 0) is 4.79 Å². The molecule has 0 unspecified atom stereocenters. The van der Waals surface area contributed by atoms with Gasteiger partial charge in [-0.15, -0.1) is 0 Å². The predicted molar refractivity (Wildman–Crippen MR) is 118 cm³/mol. The molecule has 0 bridgehead atoms. The van der Waals surface area contributed by atoms with Crippen LogP contribution in [0.25, 0.3) is 33.1 Å². The van der Waals surface area contributed by atoms with Crippen LogP contribution in [0.2, 0.25) is 0 Å². The number of carbonyl (C=O) groups is 1. The van der Waals surface area contributed by atoms with Crippen molar-refractivity contribution < 1.29 is 18.7 Å². The van der Waals surface area contributed by atoms with Crippen LogP contribution >= 0.6 is 0 Å². The molecule has 4 aromatic rings. The highest BCUT2D eigenvalue weighted by Crippen LogP contribution is 2.31. The number of rotatable bonds is 2. The Morgan fingerprint density at radius 2 is 1.78 bits per heavy atom. The topological polar surface area (TPSA) is 121 Å². The molecular weight excluding hydrogens is 415 g/mol. The van der Waals surface area contributed by atoms with Crippen molar-refractivity contribution in [1.82, 2.24) is 20.3 Å². The van der Waals surface area contributed by atoms with E-state index in [2.05, 4.69) is 15.3 Å². The normalized spacial score (nSPS) is 14.3. The van der Waals surface area contributed by atoms with E-state index in [-0.39, 0.29) is 23.5 Å². The molecule has 1 saturated heterocycles. The number of carboxylic acid groups (broad SMARTS) is 1. The van der Waals surface area contributed by atoms with E-state index in [0.717, 1.165) is 42.9 Å². The first kappa shape index (κ1) is 21.6. The monoisotopic (exact) mass is 438 g/mol. The molecule has 1 aliphatic heterocycles. The summed E-state index contributed by atoms with van der Waals surface area (Å²) in [6.45, 7) is 5.22. The second-order valence-electron chi connectivity index (χ2n) is 7.81. The molecule has 32 heavy (non-hydrogen) atoms. The van der Waals surface area contributed by atoms with Crippen LogP contribution < -0.4 is 10.9 Å². The Labute approximate surface area is 182 Å². The molecular formula is C23H23FN4O4. The summed E-state index contributed by atoms with van der Waals surface area (Å²) in [5.41, 5.74) is 3.41. The summed E-state index contributed by atoms with van der Waals surface area (Å²) in [5.74, 6) is 0.986. The number of hydrogen-bond acceptors (Lipinski definition) is 6. The summed E-state index contributed by atoms with van der Waals surface area (Å²) in [4.78, 5) is 33.0. The standard InChI is InChI=1S/C22H21FN4O2.CH2O2/c1-11-7-14(15-9-17(23)20-18(10-15)29-12(2)25-20)8-16-19(11)26-21(27-22(16)28)13-3-5-24-6-4-13;2-1-3/h7-10,13,24H,3-6H2,1-2H3,(H,26,27,28);1H,(H,2,3). The van der Waals surface area contributed by atoms with Gasteiger partial charge in [-0.1, -0.05) is 0 Å². The molecule has 2 aromatic heterocycles. The molecule has 0 atom stereocenters. The highest BCUT2D eigenvalue weighted by molar-refractivity contribution is 5.89. The van der Waals surface area contributed by atoms with Crippen molar-refractivity contribution in [1.29, 1.82) is 0 Å². The van der Waals surface area contributed by atoms with Crippen LogP contribution in [0.4, 0.5) is 4.39 Å². The fraction of sp³-hybridized carbons (Fsp3) is 0.304. The number of piperidine rings is 1. The Balaban J connectivity index is 0.000000775. The molecule has 5 rings (SSSR count). The zero-order valence-electron chi connectivity index (χ0n) is 17.7. The molecule has 9 heteroatoms. The minimum atomic E-state index is -0.444. The van der Waals surface area contributed by atoms with E-state index in [1.807, 2.05) is 13.0 Å². The zero-order chi connectivity index (χ0) is 22.8. The average Bonchev–Trinajstić information content (AvgIpc) is 3.16. The van der Waals surface area contributed by atoms with E-state index in [0.29, 0.717) is 27.9 Å². The van der Waals surface area contributed by atoms with Gasteiger partial charge in [-0.2, -0.15) is 0 Å². The van der Waals surface area contributed by atoms with Gasteiger partial charge in [0.1, 0.15) is 11.3 Å². The van der Waals surface area contributed by atoms with Crippen LogP contribution in [0.3, 0.4) is 0 Å². The second kappa shape index (κ2) is 8.88. The number of hydrogen-bond donors (Lipinski definition) is 3. The van der Waals surface area contributed by atoms with E-state index in [1.165, 1.54) is 6.07 Å². The Morgan fingerprint density at radius 3 is 2.50 bits per heavy atom. The third kappa shape index (κ3) is 4.11. The lowest BCUT2D eigenvalue weighted by Gasteiger charge is -2.22. The first-order valence-corrected chi connectivity index (χ1v) is 10.3. The molecule has 0 spiro atoms. The number of aromatic amines is 1. The lowest BCUT2D eigenvalue weighted by Crippen LogP contribution is -2.28. The number of halogens is 1. The van der Waals surface area contributed by atoms with E-state index in [1.54, 1.807) is 19.1 Å². The molecule has 0 radical (unpaired) electrons. The van der Waals surface area contributed by atoms with Gasteiger partial charge in [0.25, 0.3) is 12.0 Å². The maximum atomic E-state index is 14.5. The van der Waals surface area contributed by atoms with Gasteiger partial charge in [0.2, 0.25) is 0 Å². The van der Waals surface area contributed by atoms with Crippen molar-refractivity contribution in [3.05, 3.63) is 57.7 Å². The molecule has 3 N–H and O–H groups in total. The van der Waals surface area contributed by atoms with Crippen molar-refractivity contribution >= 4 is 28.5 Å². The molecule has 0 amide bonds. The van der Waals surface area contributed by atoms with Gasteiger partial charge in [-0.05, 0) is 73.8 Å². The predicted octanol–water partition coefficient (Wildman–Crippen LogP) is 3.66. The van der Waals surface area contributed by atoms with Crippen molar-refractivity contribution in [2.75, 3.05) is 13.1 Å². The first-order chi connectivity index (χ1) is 15.4. The van der Waals surface area contributed by atoms with Gasteiger partial charge < -0.3 is 19.8 Å². The lowest BCUT2D eigenvalue weighted by molar-refractivity contribution is -0.122. The Kier molecular flexibility index (Phi) is 6.00. The summed E-state index contributed by atoms with van der Waals surface area (Å²) < 4.78 is 20.0. The quantitative estimate of drug-likeness (QED) is 0.408. The van der Waals surface area contributed by atoms with E-state index >= 15 is 0 Å². The lowest BCUT2D eigenvalue weighted by atomic mass is 9.96. The number of nitrogens with zero attached hydrogens (tertiary/aromatic N) is 2. The maximum Gasteiger partial charge on any atom is 0.290 e. The number of aryl methyl sites for hydroxylation is 2. The molecule has 0 saturated carbocycles. The smallest absolute Gasteiger partial charge is 0.290 e. The SMILES string of the molecule is Cc1nc2c(F)cc(-c3cc(C)c4nc(C5CCNCC5)[nH]c(=O)c4c3)cc2o1.O=CO. The summed E-state index contributed by atoms with van der Waals surface area (Å²) in [7, 11) is 0. The Morgan fingerprint density at radius 1 is 1.09 bits per heavy atom. The van der Waals surface area contributed by atoms with Crippen molar-refractivity contribution in [3.8, 4) is 11.1 Å². The van der Waals surface area contributed by atoms with E-state index in [4.69, 9.17) is 19.3 Å². The number of aromatic nitrogens is 3. The molecule has 1 aliphatic rings. The number of fused-ring (bicyclic) bond motifs is 2. The summed E-state index contributed by atoms with van der Waals surface area (Å²) in [6, 6.07) is 6.88. The Bertz CT molecular complexity index is 1360. The van der Waals surface area contributed by atoms with Crippen molar-refractivity contribution in [2.45, 2.75) is 32.6 Å². The van der Waals surface area contributed by atoms with Crippen LogP contribution in [0.1, 0.15) is 36.0 Å². The maximum absolute atomic E-state index is 14.5. The minimum absolute atomic E-state index is 0.162. The van der Waals surface area contributed by atoms with Crippen LogP contribution in [-0.4, -0.2) is 39.6 Å². The third-order valence-corrected chi connectivity index (χ3v) is 5.63. The number of oxazole rings is 1. The van der Waals surface area contributed by atoms with Gasteiger partial charge in [0, 0.05) is 12.8 Å². The molecule has 1 fully saturated rings. The van der Waals surface area contributed by atoms with Gasteiger partial charge in [0.05, 0.1) is 10.9 Å². The second-order valence-corrected chi connectivity index (χ2v) is 7.81. The number of benzene rings is 2.